The van der Waals surface area contributed by atoms with Crippen molar-refractivity contribution in [3.05, 3.63) is 0 Å². The number of hydrogen-bond acceptors (Lipinski definition) is 4. The lowest BCUT2D eigenvalue weighted by Crippen LogP contribution is -2.49. The van der Waals surface area contributed by atoms with Crippen LogP contribution < -0.4 is 5.32 Å². The van der Waals surface area contributed by atoms with Gasteiger partial charge < -0.3 is 10.1 Å². The first-order chi connectivity index (χ1) is 8.35. The summed E-state index contributed by atoms with van der Waals surface area (Å²) < 4.78 is 41.6. The maximum atomic E-state index is 12.3. The Morgan fingerprint density at radius 3 is 2.50 bits per heavy atom. The smallest absolute Gasteiger partial charge is 0.401 e. The van der Waals surface area contributed by atoms with Gasteiger partial charge in [-0.3, -0.25) is 9.69 Å². The molecule has 1 fully saturated rings. The topological polar surface area (TPSA) is 41.6 Å². The van der Waals surface area contributed by atoms with E-state index in [1.807, 2.05) is 0 Å². The van der Waals surface area contributed by atoms with Crippen molar-refractivity contribution in [1.29, 1.82) is 0 Å². The largest absolute Gasteiger partial charge is 0.468 e. The number of rotatable bonds is 7. The summed E-state index contributed by atoms with van der Waals surface area (Å²) in [5.74, 6) is -0.512. The highest BCUT2D eigenvalue weighted by Crippen LogP contribution is 2.21. The van der Waals surface area contributed by atoms with E-state index in [4.69, 9.17) is 0 Å². The summed E-state index contributed by atoms with van der Waals surface area (Å²) in [6.07, 6.45) is -2.34. The number of halogens is 3. The molecule has 18 heavy (non-hydrogen) atoms. The van der Waals surface area contributed by atoms with Gasteiger partial charge in [0.05, 0.1) is 13.7 Å². The lowest BCUT2D eigenvalue weighted by molar-refractivity contribution is -0.152. The summed E-state index contributed by atoms with van der Waals surface area (Å²) in [5, 5.41) is 3.01. The van der Waals surface area contributed by atoms with Crippen molar-refractivity contribution in [3.63, 3.8) is 0 Å². The zero-order chi connectivity index (χ0) is 13.8. The van der Waals surface area contributed by atoms with Crippen LogP contribution in [0.2, 0.25) is 0 Å². The normalized spacial score (nSPS) is 17.9. The van der Waals surface area contributed by atoms with Crippen LogP contribution in [0.5, 0.6) is 0 Å². The number of likely N-dealkylation sites (N-methyl/N-ethyl adjacent to an activating group) is 1. The molecule has 0 aromatic rings. The van der Waals surface area contributed by atoms with Gasteiger partial charge in [-0.1, -0.05) is 6.92 Å². The summed E-state index contributed by atoms with van der Waals surface area (Å²) >= 11 is 0. The SMILES string of the molecule is CCN(CC(NC1CC1)C(=O)OC)CC(F)(F)F. The van der Waals surface area contributed by atoms with Gasteiger partial charge in [0.2, 0.25) is 0 Å². The van der Waals surface area contributed by atoms with Crippen molar-refractivity contribution in [3.8, 4) is 0 Å². The zero-order valence-electron chi connectivity index (χ0n) is 10.6. The molecule has 0 heterocycles. The molecule has 0 spiro atoms. The molecular formula is C11H19F3N2O2. The standard InChI is InChI=1S/C11H19F3N2O2/c1-3-16(7-11(12,13)14)6-9(10(17)18-2)15-8-4-5-8/h8-9,15H,3-7H2,1-2H3. The first-order valence-corrected chi connectivity index (χ1v) is 5.98. The van der Waals surface area contributed by atoms with E-state index in [1.165, 1.54) is 12.0 Å². The molecule has 4 nitrogen and oxygen atoms in total. The third-order valence-electron chi connectivity index (χ3n) is 2.79. The van der Waals surface area contributed by atoms with Crippen LogP contribution in [0.4, 0.5) is 13.2 Å². The van der Waals surface area contributed by atoms with Gasteiger partial charge in [0.1, 0.15) is 6.04 Å². The highest BCUT2D eigenvalue weighted by Gasteiger charge is 2.34. The number of carbonyl (C=O) groups excluding carboxylic acids is 1. The number of hydrogen-bond donors (Lipinski definition) is 1. The average Bonchev–Trinajstić information content (AvgIpc) is 3.08. The summed E-state index contributed by atoms with van der Waals surface area (Å²) in [6, 6.07) is -0.455. The Hall–Kier alpha value is -0.820. The lowest BCUT2D eigenvalue weighted by atomic mass is 10.2. The van der Waals surface area contributed by atoms with Crippen molar-refractivity contribution >= 4 is 5.97 Å². The van der Waals surface area contributed by atoms with E-state index in [0.29, 0.717) is 0 Å². The molecule has 0 saturated heterocycles. The third-order valence-corrected chi connectivity index (χ3v) is 2.79. The molecule has 1 rings (SSSR count). The van der Waals surface area contributed by atoms with E-state index in [-0.39, 0.29) is 19.1 Å². The molecule has 1 atom stereocenters. The minimum Gasteiger partial charge on any atom is -0.468 e. The molecule has 1 saturated carbocycles. The van der Waals surface area contributed by atoms with E-state index < -0.39 is 24.7 Å². The molecule has 0 amide bonds. The third kappa shape index (κ3) is 5.68. The van der Waals surface area contributed by atoms with Gasteiger partial charge in [0.15, 0.2) is 0 Å². The lowest BCUT2D eigenvalue weighted by Gasteiger charge is -2.26. The summed E-state index contributed by atoms with van der Waals surface area (Å²) in [4.78, 5) is 12.7. The molecule has 1 N–H and O–H groups in total. The molecule has 0 aromatic heterocycles. The number of methoxy groups -OCH3 is 1. The van der Waals surface area contributed by atoms with Crippen LogP contribution >= 0.6 is 0 Å². The van der Waals surface area contributed by atoms with Gasteiger partial charge >= 0.3 is 12.1 Å². The molecule has 0 aliphatic heterocycles. The fourth-order valence-corrected chi connectivity index (χ4v) is 1.69. The highest BCUT2D eigenvalue weighted by molar-refractivity contribution is 5.76. The van der Waals surface area contributed by atoms with Crippen molar-refractivity contribution in [1.82, 2.24) is 10.2 Å². The Morgan fingerprint density at radius 1 is 1.50 bits per heavy atom. The van der Waals surface area contributed by atoms with E-state index >= 15 is 0 Å². The monoisotopic (exact) mass is 268 g/mol. The Balaban J connectivity index is 2.52. The predicted octanol–water partition coefficient (Wildman–Crippen LogP) is 1.16. The molecule has 1 unspecified atom stereocenters. The quantitative estimate of drug-likeness (QED) is 0.704. The number of nitrogens with zero attached hydrogens (tertiary/aromatic N) is 1. The van der Waals surface area contributed by atoms with Gasteiger partial charge in [0, 0.05) is 12.6 Å². The van der Waals surface area contributed by atoms with Gasteiger partial charge in [0.25, 0.3) is 0 Å². The molecule has 0 bridgehead atoms. The van der Waals surface area contributed by atoms with Crippen LogP contribution in [0.25, 0.3) is 0 Å². The number of nitrogens with one attached hydrogen (secondary N) is 1. The van der Waals surface area contributed by atoms with Crippen LogP contribution in [-0.4, -0.2) is 55.9 Å². The van der Waals surface area contributed by atoms with Crippen molar-refractivity contribution in [2.45, 2.75) is 38.0 Å². The van der Waals surface area contributed by atoms with Crippen LogP contribution in [0.1, 0.15) is 19.8 Å². The van der Waals surface area contributed by atoms with Crippen LogP contribution in [0.15, 0.2) is 0 Å². The Kier molecular flexibility index (Phi) is 5.40. The maximum Gasteiger partial charge on any atom is 0.401 e. The van der Waals surface area contributed by atoms with E-state index in [2.05, 4.69) is 10.1 Å². The fourth-order valence-electron chi connectivity index (χ4n) is 1.69. The van der Waals surface area contributed by atoms with E-state index in [0.717, 1.165) is 12.8 Å². The Bertz CT molecular complexity index is 280. The predicted molar refractivity (Wildman–Crippen MR) is 60.1 cm³/mol. The first-order valence-electron chi connectivity index (χ1n) is 5.98. The number of carbonyl (C=O) groups is 1. The van der Waals surface area contributed by atoms with Gasteiger partial charge in [-0.05, 0) is 19.4 Å². The van der Waals surface area contributed by atoms with Crippen LogP contribution in [0.3, 0.4) is 0 Å². The maximum absolute atomic E-state index is 12.3. The van der Waals surface area contributed by atoms with E-state index in [1.54, 1.807) is 6.92 Å². The second-order valence-corrected chi connectivity index (χ2v) is 4.46. The highest BCUT2D eigenvalue weighted by atomic mass is 19.4. The van der Waals surface area contributed by atoms with Gasteiger partial charge in [-0.25, -0.2) is 0 Å². The average molecular weight is 268 g/mol. The second-order valence-electron chi connectivity index (χ2n) is 4.46. The van der Waals surface area contributed by atoms with Crippen molar-refractivity contribution < 1.29 is 22.7 Å². The van der Waals surface area contributed by atoms with Crippen molar-refractivity contribution in [2.75, 3.05) is 26.7 Å². The van der Waals surface area contributed by atoms with Gasteiger partial charge in [-0.15, -0.1) is 0 Å². The molecule has 0 aromatic carbocycles. The minimum atomic E-state index is -4.25. The minimum absolute atomic E-state index is 0.0131. The zero-order valence-corrected chi connectivity index (χ0v) is 10.6. The van der Waals surface area contributed by atoms with Gasteiger partial charge in [-0.2, -0.15) is 13.2 Å². The second kappa shape index (κ2) is 6.38. The number of esters is 1. The Morgan fingerprint density at radius 2 is 2.11 bits per heavy atom. The summed E-state index contributed by atoms with van der Waals surface area (Å²) in [5.41, 5.74) is 0. The number of ether oxygens (including phenoxy) is 1. The molecule has 1 aliphatic carbocycles. The first kappa shape index (κ1) is 15.2. The molecular weight excluding hydrogens is 249 g/mol. The molecule has 1 aliphatic rings. The van der Waals surface area contributed by atoms with E-state index in [9.17, 15) is 18.0 Å². The molecule has 106 valence electrons. The summed E-state index contributed by atoms with van der Waals surface area (Å²) in [6.45, 7) is 0.874. The fraction of sp³-hybridized carbons (Fsp3) is 0.909. The Labute approximate surface area is 104 Å². The van der Waals surface area contributed by atoms with Crippen LogP contribution in [-0.2, 0) is 9.53 Å². The van der Waals surface area contributed by atoms with Crippen LogP contribution in [0, 0.1) is 0 Å². The van der Waals surface area contributed by atoms with Crippen molar-refractivity contribution in [2.24, 2.45) is 0 Å². The molecule has 0 radical (unpaired) electrons. The molecule has 7 heteroatoms. The number of alkyl halides is 3. The summed E-state index contributed by atoms with van der Waals surface area (Å²) in [7, 11) is 1.24.